The topological polar surface area (TPSA) is 76.1 Å². The molecule has 1 fully saturated rings. The highest BCUT2D eigenvalue weighted by Crippen LogP contribution is 2.29. The normalized spacial score (nSPS) is 17.1. The fraction of sp³-hybridized carbons (Fsp3) is 0.542. The molecule has 0 N–H and O–H groups in total. The first-order valence-electron chi connectivity index (χ1n) is 11.9. The number of pyridine rings is 1. The molecule has 0 spiro atoms. The Morgan fingerprint density at radius 1 is 1.21 bits per heavy atom. The van der Waals surface area contributed by atoms with Crippen molar-refractivity contribution in [2.45, 2.75) is 64.1 Å². The molecule has 0 atom stereocenters. The molecule has 9 heteroatoms. The molecule has 2 aliphatic heterocycles. The lowest BCUT2D eigenvalue weighted by Crippen LogP contribution is -2.31. The van der Waals surface area contributed by atoms with Crippen molar-refractivity contribution < 1.29 is 9.47 Å². The molecule has 176 valence electrons. The number of allylic oxidation sites excluding steroid dienone is 1. The van der Waals surface area contributed by atoms with E-state index in [9.17, 15) is 4.79 Å². The predicted octanol–water partition coefficient (Wildman–Crippen LogP) is 4.14. The van der Waals surface area contributed by atoms with Gasteiger partial charge in [0.05, 0.1) is 23.1 Å². The molecule has 0 aromatic carbocycles. The van der Waals surface area contributed by atoms with Gasteiger partial charge in [-0.25, -0.2) is 14.5 Å². The average Bonchev–Trinajstić information content (AvgIpc) is 3.35. The summed E-state index contributed by atoms with van der Waals surface area (Å²) in [7, 11) is -1.19. The molecule has 5 rings (SSSR count). The summed E-state index contributed by atoms with van der Waals surface area (Å²) in [5.74, 6) is 0. The van der Waals surface area contributed by atoms with E-state index >= 15 is 0 Å². The Labute approximate surface area is 194 Å². The Morgan fingerprint density at radius 2 is 2.03 bits per heavy atom. The molecule has 2 aliphatic rings. The van der Waals surface area contributed by atoms with Gasteiger partial charge in [-0.05, 0) is 43.9 Å². The van der Waals surface area contributed by atoms with Crippen molar-refractivity contribution in [3.05, 3.63) is 40.6 Å². The maximum Gasteiger partial charge on any atom is 0.332 e. The van der Waals surface area contributed by atoms with Gasteiger partial charge >= 0.3 is 5.69 Å². The molecule has 3 aromatic heterocycles. The van der Waals surface area contributed by atoms with E-state index in [4.69, 9.17) is 14.5 Å². The monoisotopic (exact) mass is 467 g/mol. The number of aromatic nitrogens is 5. The van der Waals surface area contributed by atoms with E-state index in [2.05, 4.69) is 30.8 Å². The van der Waals surface area contributed by atoms with Gasteiger partial charge in [0.15, 0.2) is 5.65 Å². The van der Waals surface area contributed by atoms with E-state index in [0.29, 0.717) is 19.8 Å². The summed E-state index contributed by atoms with van der Waals surface area (Å²) < 4.78 is 17.1. The van der Waals surface area contributed by atoms with Crippen LogP contribution < -0.4 is 5.69 Å². The molecule has 0 bridgehead atoms. The molecular weight excluding hydrogens is 434 g/mol. The highest BCUT2D eigenvalue weighted by Gasteiger charge is 2.25. The average molecular weight is 468 g/mol. The quantitative estimate of drug-likeness (QED) is 0.386. The van der Waals surface area contributed by atoms with Gasteiger partial charge in [-0.3, -0.25) is 9.13 Å². The van der Waals surface area contributed by atoms with Crippen molar-refractivity contribution in [1.82, 2.24) is 23.9 Å². The fourth-order valence-corrected chi connectivity index (χ4v) is 5.36. The van der Waals surface area contributed by atoms with Crippen LogP contribution in [0.3, 0.4) is 0 Å². The van der Waals surface area contributed by atoms with Gasteiger partial charge in [0.25, 0.3) is 0 Å². The Hall–Kier alpha value is -2.49. The van der Waals surface area contributed by atoms with Crippen LogP contribution in [0.5, 0.6) is 0 Å². The molecule has 0 saturated carbocycles. The summed E-state index contributed by atoms with van der Waals surface area (Å²) in [6.45, 7) is 9.25. The van der Waals surface area contributed by atoms with Crippen LogP contribution in [0.2, 0.25) is 25.7 Å². The van der Waals surface area contributed by atoms with E-state index in [0.717, 1.165) is 54.1 Å². The number of hydrogen-bond acceptors (Lipinski definition) is 5. The molecule has 33 heavy (non-hydrogen) atoms. The molecular formula is C24H33N5O3Si. The van der Waals surface area contributed by atoms with Crippen LogP contribution in [0, 0.1) is 0 Å². The maximum atomic E-state index is 13.6. The second kappa shape index (κ2) is 9.04. The third kappa shape index (κ3) is 4.49. The van der Waals surface area contributed by atoms with Crippen LogP contribution in [0.25, 0.3) is 28.6 Å². The number of imidazole rings is 1. The molecule has 0 unspecified atom stereocenters. The third-order valence-corrected chi connectivity index (χ3v) is 8.26. The van der Waals surface area contributed by atoms with E-state index in [-0.39, 0.29) is 18.5 Å². The molecule has 3 aromatic rings. The molecule has 8 nitrogen and oxygen atoms in total. The number of hydrogen-bond donors (Lipinski definition) is 0. The largest absolute Gasteiger partial charge is 0.381 e. The summed E-state index contributed by atoms with van der Waals surface area (Å²) >= 11 is 0. The second-order valence-electron chi connectivity index (χ2n) is 10.2. The Bertz CT molecular complexity index is 1230. The first kappa shape index (κ1) is 22.3. The highest BCUT2D eigenvalue weighted by molar-refractivity contribution is 6.76. The van der Waals surface area contributed by atoms with E-state index < -0.39 is 8.07 Å². The van der Waals surface area contributed by atoms with Crippen LogP contribution in [0.4, 0.5) is 0 Å². The predicted molar refractivity (Wildman–Crippen MR) is 132 cm³/mol. The summed E-state index contributed by atoms with van der Waals surface area (Å²) in [4.78, 5) is 18.6. The van der Waals surface area contributed by atoms with Crippen LogP contribution in [0.1, 0.15) is 31.0 Å². The van der Waals surface area contributed by atoms with Gasteiger partial charge in [0, 0.05) is 45.7 Å². The minimum absolute atomic E-state index is 0.0467. The van der Waals surface area contributed by atoms with Gasteiger partial charge in [0.2, 0.25) is 0 Å². The van der Waals surface area contributed by atoms with Gasteiger partial charge in [0.1, 0.15) is 6.73 Å². The lowest BCUT2D eigenvalue weighted by atomic mass is 10.1. The minimum Gasteiger partial charge on any atom is -0.381 e. The summed E-state index contributed by atoms with van der Waals surface area (Å²) in [6.07, 6.45) is 9.58. The Kier molecular flexibility index (Phi) is 6.11. The molecule has 0 aliphatic carbocycles. The van der Waals surface area contributed by atoms with E-state index in [1.165, 1.54) is 5.69 Å². The zero-order valence-corrected chi connectivity index (χ0v) is 20.8. The SMILES string of the molecule is C[Si](C)(C)CCOCn1c(=O)n(C2CCOCC2)c2nc(-c3cnn4c3CCC=C4)ccc21. The smallest absolute Gasteiger partial charge is 0.332 e. The van der Waals surface area contributed by atoms with Gasteiger partial charge in [-0.15, -0.1) is 0 Å². The van der Waals surface area contributed by atoms with Gasteiger partial charge < -0.3 is 9.47 Å². The van der Waals surface area contributed by atoms with Crippen molar-refractivity contribution >= 4 is 25.4 Å². The number of rotatable bonds is 7. The van der Waals surface area contributed by atoms with Gasteiger partial charge in [-0.1, -0.05) is 25.7 Å². The third-order valence-electron chi connectivity index (χ3n) is 6.55. The molecule has 0 amide bonds. The highest BCUT2D eigenvalue weighted by atomic mass is 28.3. The zero-order valence-electron chi connectivity index (χ0n) is 19.8. The number of nitrogens with zero attached hydrogens (tertiary/aromatic N) is 5. The van der Waals surface area contributed by atoms with Crippen LogP contribution >= 0.6 is 0 Å². The van der Waals surface area contributed by atoms with Crippen molar-refractivity contribution in [2.24, 2.45) is 0 Å². The molecule has 1 saturated heterocycles. The first-order valence-corrected chi connectivity index (χ1v) is 15.6. The second-order valence-corrected chi connectivity index (χ2v) is 15.8. The van der Waals surface area contributed by atoms with E-state index in [1.54, 1.807) is 4.57 Å². The van der Waals surface area contributed by atoms with Crippen molar-refractivity contribution in [2.75, 3.05) is 19.8 Å². The van der Waals surface area contributed by atoms with Gasteiger partial charge in [-0.2, -0.15) is 5.10 Å². The molecule has 5 heterocycles. The minimum atomic E-state index is -1.19. The first-order chi connectivity index (χ1) is 15.9. The fourth-order valence-electron chi connectivity index (χ4n) is 4.61. The standard InChI is InChI=1S/C24H33N5O3Si/c1-33(2,3)15-14-32-17-27-22-8-7-20(19-16-25-28-11-5-4-6-21(19)28)26-23(22)29(24(27)30)18-9-12-31-13-10-18/h5,7-8,11,16,18H,4,6,9-10,12-15,17H2,1-3H3. The van der Waals surface area contributed by atoms with Crippen LogP contribution in [0.15, 0.2) is 29.2 Å². The lowest BCUT2D eigenvalue weighted by molar-refractivity contribution is 0.0669. The molecule has 0 radical (unpaired) electrons. The summed E-state index contributed by atoms with van der Waals surface area (Å²) in [5.41, 5.74) is 4.56. The zero-order chi connectivity index (χ0) is 23.0. The lowest BCUT2D eigenvalue weighted by Gasteiger charge is -2.23. The maximum absolute atomic E-state index is 13.6. The van der Waals surface area contributed by atoms with Crippen molar-refractivity contribution in [1.29, 1.82) is 0 Å². The van der Waals surface area contributed by atoms with Crippen LogP contribution in [-0.2, 0) is 22.6 Å². The van der Waals surface area contributed by atoms with Crippen molar-refractivity contribution in [3.8, 4) is 11.3 Å². The number of ether oxygens (including phenoxy) is 2. The Morgan fingerprint density at radius 3 is 2.82 bits per heavy atom. The van der Waals surface area contributed by atoms with Crippen LogP contribution in [-0.4, -0.2) is 51.8 Å². The van der Waals surface area contributed by atoms with E-state index in [1.807, 2.05) is 33.8 Å². The number of fused-ring (bicyclic) bond motifs is 2. The summed E-state index contributed by atoms with van der Waals surface area (Å²) in [6, 6.07) is 5.18. The summed E-state index contributed by atoms with van der Waals surface area (Å²) in [5, 5.41) is 4.50. The van der Waals surface area contributed by atoms with Crippen molar-refractivity contribution in [3.63, 3.8) is 0 Å². The Balaban J connectivity index is 1.54.